The Morgan fingerprint density at radius 3 is 1.36 bits per heavy atom. The Hall–Kier alpha value is -0.700. The molecule has 0 aliphatic carbocycles. The third-order valence-corrected chi connectivity index (χ3v) is 0.566. The minimum absolute atomic E-state index is 0.195. The van der Waals surface area contributed by atoms with E-state index in [1.54, 1.807) is 0 Å². The van der Waals surface area contributed by atoms with Gasteiger partial charge in [-0.15, -0.1) is 0 Å². The average Bonchev–Trinajstić information content (AvgIpc) is 1.99. The second-order valence-corrected chi connectivity index (χ2v) is 3.46. The van der Waals surface area contributed by atoms with E-state index in [0.29, 0.717) is 6.26 Å². The molecule has 0 saturated heterocycles. The van der Waals surface area contributed by atoms with Crippen molar-refractivity contribution in [1.82, 2.24) is 0 Å². The predicted octanol–water partition coefficient (Wildman–Crippen LogP) is -1.04. The number of hydrogen-bond acceptors (Lipinski definition) is 5. The summed E-state index contributed by atoms with van der Waals surface area (Å²) in [6.45, 7) is 0.140. The minimum atomic E-state index is -3.67. The Morgan fingerprint density at radius 1 is 1.14 bits per heavy atom. The molecule has 14 heavy (non-hydrogen) atoms. The number of aliphatic hydroxyl groups is 2. The summed E-state index contributed by atoms with van der Waals surface area (Å²) in [6, 6.07) is 0. The van der Waals surface area contributed by atoms with Gasteiger partial charge in [-0.05, 0) is 12.8 Å². The molecule has 0 spiro atoms. The highest BCUT2D eigenvalue weighted by Gasteiger charge is 1.81. The van der Waals surface area contributed by atoms with Crippen molar-refractivity contribution in [3.63, 3.8) is 0 Å². The van der Waals surface area contributed by atoms with Gasteiger partial charge < -0.3 is 15.3 Å². The molecule has 0 bridgehead atoms. The highest BCUT2D eigenvalue weighted by molar-refractivity contribution is 7.85. The van der Waals surface area contributed by atoms with E-state index in [9.17, 15) is 8.42 Å². The van der Waals surface area contributed by atoms with E-state index in [-0.39, 0.29) is 19.7 Å². The first-order valence-electron chi connectivity index (χ1n) is 3.55. The maximum atomic E-state index is 9.19. The fourth-order valence-electron chi connectivity index (χ4n) is 0.224. The molecular weight excluding hydrogens is 216 g/mol. The first kappa shape index (κ1) is 19.0. The van der Waals surface area contributed by atoms with Gasteiger partial charge in [0.2, 0.25) is 0 Å². The minimum Gasteiger partial charge on any atom is -0.483 e. The fraction of sp³-hybridized carbons (Fsp3) is 0.833. The van der Waals surface area contributed by atoms with Gasteiger partial charge >= 0.3 is 0 Å². The molecular formula is C6H16O7S. The van der Waals surface area contributed by atoms with Gasteiger partial charge in [0.1, 0.15) is 0 Å². The molecule has 0 saturated carbocycles. The van der Waals surface area contributed by atoms with Gasteiger partial charge in [-0.1, -0.05) is 0 Å². The van der Waals surface area contributed by atoms with E-state index in [4.69, 9.17) is 24.7 Å². The smallest absolute Gasteiger partial charge is 0.290 e. The van der Waals surface area contributed by atoms with Gasteiger partial charge in [-0.25, -0.2) is 0 Å². The Bertz CT molecular complexity index is 174. The maximum absolute atomic E-state index is 9.19. The SMILES string of the molecule is CS(=O)(=O)O.O=CO.OCCCCO. The van der Waals surface area contributed by atoms with Crippen LogP contribution < -0.4 is 0 Å². The Morgan fingerprint density at radius 2 is 1.29 bits per heavy atom. The van der Waals surface area contributed by atoms with Crippen molar-refractivity contribution in [2.45, 2.75) is 12.8 Å². The van der Waals surface area contributed by atoms with Crippen LogP contribution in [-0.4, -0.2) is 54.2 Å². The molecule has 0 aromatic carbocycles. The molecule has 4 N–H and O–H groups in total. The van der Waals surface area contributed by atoms with Gasteiger partial charge in [-0.2, -0.15) is 8.42 Å². The fourth-order valence-corrected chi connectivity index (χ4v) is 0.224. The van der Waals surface area contributed by atoms with Crippen LogP contribution in [0.15, 0.2) is 0 Å². The molecule has 0 atom stereocenters. The molecule has 7 nitrogen and oxygen atoms in total. The first-order valence-corrected chi connectivity index (χ1v) is 5.40. The van der Waals surface area contributed by atoms with Crippen LogP contribution >= 0.6 is 0 Å². The number of unbranched alkanes of at least 4 members (excludes halogenated alkanes) is 1. The van der Waals surface area contributed by atoms with Crippen LogP contribution in [-0.2, 0) is 14.9 Å². The summed E-state index contributed by atoms with van der Waals surface area (Å²) >= 11 is 0. The molecule has 0 aliphatic rings. The highest BCUT2D eigenvalue weighted by Crippen LogP contribution is 1.80. The van der Waals surface area contributed by atoms with Gasteiger partial charge in [0.05, 0.1) is 6.26 Å². The van der Waals surface area contributed by atoms with Gasteiger partial charge in [-0.3, -0.25) is 9.35 Å². The molecule has 0 amide bonds. The zero-order chi connectivity index (χ0) is 12.0. The lowest BCUT2D eigenvalue weighted by atomic mass is 10.3. The number of aliphatic hydroxyl groups excluding tert-OH is 2. The standard InChI is InChI=1S/C4H10O2.CH4O3S.CH2O2/c5-3-1-2-4-6;1-5(2,3)4;2-1-3/h5-6H,1-4H2;1H3,(H,2,3,4);1H,(H,2,3). The van der Waals surface area contributed by atoms with Crippen LogP contribution in [0.4, 0.5) is 0 Å². The maximum Gasteiger partial charge on any atom is 0.290 e. The van der Waals surface area contributed by atoms with Crippen molar-refractivity contribution in [2.24, 2.45) is 0 Å². The lowest BCUT2D eigenvalue weighted by Gasteiger charge is -1.85. The second-order valence-electron chi connectivity index (χ2n) is 1.99. The molecule has 0 heterocycles. The quantitative estimate of drug-likeness (QED) is 0.277. The molecule has 0 unspecified atom stereocenters. The van der Waals surface area contributed by atoms with Crippen molar-refractivity contribution in [3.05, 3.63) is 0 Å². The molecule has 0 radical (unpaired) electrons. The van der Waals surface area contributed by atoms with E-state index >= 15 is 0 Å². The molecule has 88 valence electrons. The Kier molecular flexibility index (Phi) is 20.1. The monoisotopic (exact) mass is 232 g/mol. The van der Waals surface area contributed by atoms with Crippen molar-refractivity contribution < 1.29 is 33.1 Å². The molecule has 0 aromatic heterocycles. The molecule has 0 aliphatic heterocycles. The van der Waals surface area contributed by atoms with E-state index in [2.05, 4.69) is 0 Å². The summed E-state index contributed by atoms with van der Waals surface area (Å²) in [5.74, 6) is 0. The van der Waals surface area contributed by atoms with Crippen LogP contribution in [0.25, 0.3) is 0 Å². The largest absolute Gasteiger partial charge is 0.483 e. The number of rotatable bonds is 3. The summed E-state index contributed by atoms with van der Waals surface area (Å²) in [5, 5.41) is 23.1. The summed E-state index contributed by atoms with van der Waals surface area (Å²) in [5.41, 5.74) is 0. The van der Waals surface area contributed by atoms with Crippen molar-refractivity contribution in [3.8, 4) is 0 Å². The zero-order valence-electron chi connectivity index (χ0n) is 7.83. The van der Waals surface area contributed by atoms with Crippen LogP contribution in [0.3, 0.4) is 0 Å². The topological polar surface area (TPSA) is 132 Å². The third kappa shape index (κ3) is 227. The van der Waals surface area contributed by atoms with Crippen molar-refractivity contribution in [1.29, 1.82) is 0 Å². The second kappa shape index (κ2) is 14.8. The molecule has 0 fully saturated rings. The number of carboxylic acid groups (broad SMARTS) is 1. The van der Waals surface area contributed by atoms with E-state index in [1.165, 1.54) is 0 Å². The van der Waals surface area contributed by atoms with Crippen LogP contribution in [0.5, 0.6) is 0 Å². The highest BCUT2D eigenvalue weighted by atomic mass is 32.2. The normalized spacial score (nSPS) is 8.86. The Labute approximate surface area is 82.7 Å². The third-order valence-electron chi connectivity index (χ3n) is 0.566. The molecule has 0 rings (SSSR count). The van der Waals surface area contributed by atoms with Crippen molar-refractivity contribution in [2.75, 3.05) is 19.5 Å². The lowest BCUT2D eigenvalue weighted by Crippen LogP contribution is -1.88. The van der Waals surface area contributed by atoms with Gasteiger partial charge in [0.15, 0.2) is 0 Å². The number of carbonyl (C=O) groups is 1. The van der Waals surface area contributed by atoms with E-state index in [1.807, 2.05) is 0 Å². The molecule has 0 aromatic rings. The van der Waals surface area contributed by atoms with Crippen LogP contribution in [0, 0.1) is 0 Å². The van der Waals surface area contributed by atoms with E-state index in [0.717, 1.165) is 12.8 Å². The van der Waals surface area contributed by atoms with Crippen molar-refractivity contribution >= 4 is 16.6 Å². The number of hydrogen-bond donors (Lipinski definition) is 4. The average molecular weight is 232 g/mol. The Balaban J connectivity index is -0.000000138. The lowest BCUT2D eigenvalue weighted by molar-refractivity contribution is -0.122. The summed E-state index contributed by atoms with van der Waals surface area (Å²) in [7, 11) is -3.67. The zero-order valence-corrected chi connectivity index (χ0v) is 8.64. The van der Waals surface area contributed by atoms with E-state index < -0.39 is 10.1 Å². The van der Waals surface area contributed by atoms with Gasteiger partial charge in [0.25, 0.3) is 16.6 Å². The van der Waals surface area contributed by atoms with Crippen LogP contribution in [0.2, 0.25) is 0 Å². The predicted molar refractivity (Wildman–Crippen MR) is 49.6 cm³/mol. The summed E-state index contributed by atoms with van der Waals surface area (Å²) in [4.78, 5) is 8.36. The van der Waals surface area contributed by atoms with Gasteiger partial charge in [0, 0.05) is 13.2 Å². The molecule has 8 heteroatoms. The summed E-state index contributed by atoms with van der Waals surface area (Å²) < 4.78 is 25.9. The summed E-state index contributed by atoms with van der Waals surface area (Å²) in [6.07, 6.45) is 2.15. The van der Waals surface area contributed by atoms with Crippen LogP contribution in [0.1, 0.15) is 12.8 Å². The first-order chi connectivity index (χ1) is 6.33.